The van der Waals surface area contributed by atoms with Crippen LogP contribution in [0.25, 0.3) is 11.8 Å². The highest BCUT2D eigenvalue weighted by Crippen LogP contribution is 2.49. The first-order valence-electron chi connectivity index (χ1n) is 11.6. The van der Waals surface area contributed by atoms with Crippen molar-refractivity contribution in [3.8, 4) is 11.4 Å². The number of hydrogen-bond acceptors (Lipinski definition) is 4. The Balaban J connectivity index is 1.51. The van der Waals surface area contributed by atoms with Crippen LogP contribution in [0, 0.1) is 6.92 Å². The van der Waals surface area contributed by atoms with E-state index in [0.29, 0.717) is 23.8 Å². The fourth-order valence-corrected chi connectivity index (χ4v) is 4.79. The number of rotatable bonds is 4. The van der Waals surface area contributed by atoms with E-state index in [0.717, 1.165) is 29.1 Å². The predicted octanol–water partition coefficient (Wildman–Crippen LogP) is 6.71. The minimum Gasteiger partial charge on any atom is -0.495 e. The number of nitrogens with zero attached hydrogens (tertiary/aromatic N) is 3. The molecule has 11 heteroatoms. The van der Waals surface area contributed by atoms with Crippen molar-refractivity contribution >= 4 is 6.08 Å². The lowest BCUT2D eigenvalue weighted by atomic mass is 9.79. The molecular weight excluding hydrogens is 512 g/mol. The molecule has 2 aliphatic rings. The van der Waals surface area contributed by atoms with Gasteiger partial charge in [0.1, 0.15) is 18.1 Å². The molecule has 1 fully saturated rings. The SMILES string of the molecule is COc1cc(C=C2OCCN3C2=CC3(C)c2cc(C(F)(F)F)cc(C(F)(F)F)c2)ccc1-n1cnc(C)c1. The normalized spacial score (nSPS) is 20.5. The summed E-state index contributed by atoms with van der Waals surface area (Å²) < 4.78 is 93.9. The molecule has 0 amide bonds. The minimum atomic E-state index is -4.92. The molecule has 0 radical (unpaired) electrons. The van der Waals surface area contributed by atoms with Gasteiger partial charge >= 0.3 is 12.4 Å². The molecule has 1 atom stereocenters. The molecule has 5 rings (SSSR count). The molecule has 2 aliphatic heterocycles. The van der Waals surface area contributed by atoms with Gasteiger partial charge in [0.15, 0.2) is 0 Å². The number of aromatic nitrogens is 2. The van der Waals surface area contributed by atoms with Crippen LogP contribution in [-0.2, 0) is 22.6 Å². The van der Waals surface area contributed by atoms with Crippen molar-refractivity contribution in [2.75, 3.05) is 20.3 Å². The van der Waals surface area contributed by atoms with E-state index in [1.165, 1.54) is 0 Å². The fraction of sp³-hybridized carbons (Fsp3) is 0.296. The smallest absolute Gasteiger partial charge is 0.416 e. The average Bonchev–Trinajstić information content (AvgIpc) is 3.28. The lowest BCUT2D eigenvalue weighted by Crippen LogP contribution is -2.54. The summed E-state index contributed by atoms with van der Waals surface area (Å²) in [4.78, 5) is 5.99. The van der Waals surface area contributed by atoms with Gasteiger partial charge in [-0.15, -0.1) is 0 Å². The van der Waals surface area contributed by atoms with Crippen LogP contribution in [0.5, 0.6) is 5.75 Å². The monoisotopic (exact) mass is 535 g/mol. The van der Waals surface area contributed by atoms with E-state index in [1.54, 1.807) is 43.5 Å². The van der Waals surface area contributed by atoms with Crippen molar-refractivity contribution in [3.63, 3.8) is 0 Å². The maximum absolute atomic E-state index is 13.4. The van der Waals surface area contributed by atoms with Crippen LogP contribution in [-0.4, -0.2) is 34.7 Å². The van der Waals surface area contributed by atoms with Gasteiger partial charge in [0, 0.05) is 6.20 Å². The summed E-state index contributed by atoms with van der Waals surface area (Å²) in [6.07, 6.45) is -2.91. The quantitative estimate of drug-likeness (QED) is 0.348. The standard InChI is InChI=1S/C27H23F6N3O2/c1-16-14-35(15-34-16)21-5-4-17(8-23(21)37-3)9-24-22-13-25(2,36(22)6-7-38-24)18-10-19(26(28,29)30)12-20(11-18)27(31,32)33/h4-5,8-15H,6-7H2,1-3H3. The summed E-state index contributed by atoms with van der Waals surface area (Å²) in [6, 6.07) is 7.21. The molecule has 200 valence electrons. The highest BCUT2D eigenvalue weighted by Gasteiger charge is 2.47. The highest BCUT2D eigenvalue weighted by atomic mass is 19.4. The van der Waals surface area contributed by atoms with Gasteiger partial charge in [0.2, 0.25) is 0 Å². The number of ether oxygens (including phenoxy) is 2. The Labute approximate surface area is 214 Å². The van der Waals surface area contributed by atoms with Crippen LogP contribution in [0.4, 0.5) is 26.3 Å². The van der Waals surface area contributed by atoms with Gasteiger partial charge in [-0.1, -0.05) is 6.07 Å². The topological polar surface area (TPSA) is 39.5 Å². The first-order valence-corrected chi connectivity index (χ1v) is 11.6. The fourth-order valence-electron chi connectivity index (χ4n) is 4.79. The second-order valence-corrected chi connectivity index (χ2v) is 9.33. The second kappa shape index (κ2) is 8.85. The van der Waals surface area contributed by atoms with Crippen LogP contribution in [0.2, 0.25) is 0 Å². The van der Waals surface area contributed by atoms with Gasteiger partial charge in [-0.3, -0.25) is 0 Å². The largest absolute Gasteiger partial charge is 0.495 e. The Morgan fingerprint density at radius 3 is 2.29 bits per heavy atom. The van der Waals surface area contributed by atoms with Crippen LogP contribution < -0.4 is 4.74 Å². The summed E-state index contributed by atoms with van der Waals surface area (Å²) >= 11 is 0. The van der Waals surface area contributed by atoms with E-state index in [-0.39, 0.29) is 18.2 Å². The predicted molar refractivity (Wildman–Crippen MR) is 127 cm³/mol. The number of alkyl halides is 6. The lowest BCUT2D eigenvalue weighted by Gasteiger charge is -2.53. The molecule has 0 saturated carbocycles. The van der Waals surface area contributed by atoms with Crippen LogP contribution in [0.15, 0.2) is 66.5 Å². The van der Waals surface area contributed by atoms with Gasteiger partial charge in [0.25, 0.3) is 0 Å². The third-order valence-electron chi connectivity index (χ3n) is 6.76. The Bertz CT molecular complexity index is 1420. The van der Waals surface area contributed by atoms with Crippen LogP contribution >= 0.6 is 0 Å². The number of methoxy groups -OCH3 is 1. The molecule has 1 saturated heterocycles. The van der Waals surface area contributed by atoms with Gasteiger partial charge < -0.3 is 18.9 Å². The maximum Gasteiger partial charge on any atom is 0.416 e. The van der Waals surface area contributed by atoms with E-state index in [1.807, 2.05) is 29.8 Å². The molecular formula is C27H23F6N3O2. The number of benzene rings is 2. The summed E-state index contributed by atoms with van der Waals surface area (Å²) in [5.41, 5.74) is -0.972. The molecule has 1 aromatic heterocycles. The molecule has 5 nitrogen and oxygen atoms in total. The van der Waals surface area contributed by atoms with Crippen molar-refractivity contribution in [2.24, 2.45) is 0 Å². The number of morpholine rings is 1. The van der Waals surface area contributed by atoms with E-state index in [2.05, 4.69) is 4.98 Å². The average molecular weight is 535 g/mol. The number of halogens is 6. The molecule has 0 bridgehead atoms. The van der Waals surface area contributed by atoms with E-state index in [4.69, 9.17) is 9.47 Å². The van der Waals surface area contributed by atoms with Crippen molar-refractivity contribution in [3.05, 3.63) is 94.4 Å². The van der Waals surface area contributed by atoms with Crippen molar-refractivity contribution in [1.82, 2.24) is 14.5 Å². The Morgan fingerprint density at radius 1 is 1.03 bits per heavy atom. The molecule has 0 aliphatic carbocycles. The van der Waals surface area contributed by atoms with Crippen molar-refractivity contribution in [1.29, 1.82) is 0 Å². The Morgan fingerprint density at radius 2 is 1.71 bits per heavy atom. The molecule has 3 heterocycles. The summed E-state index contributed by atoms with van der Waals surface area (Å²) in [6.45, 7) is 3.99. The van der Waals surface area contributed by atoms with Gasteiger partial charge in [0.05, 0.1) is 53.7 Å². The molecule has 0 N–H and O–H groups in total. The van der Waals surface area contributed by atoms with Crippen LogP contribution in [0.1, 0.15) is 34.9 Å². The van der Waals surface area contributed by atoms with Crippen molar-refractivity contribution < 1.29 is 35.8 Å². The number of hydrogen-bond donors (Lipinski definition) is 0. The van der Waals surface area contributed by atoms with E-state index >= 15 is 0 Å². The van der Waals surface area contributed by atoms with Gasteiger partial charge in [-0.05, 0) is 67.5 Å². The number of aryl methyl sites for hydroxylation is 1. The molecule has 3 aromatic rings. The molecule has 2 aromatic carbocycles. The van der Waals surface area contributed by atoms with E-state index in [9.17, 15) is 26.3 Å². The molecule has 0 spiro atoms. The zero-order valence-electron chi connectivity index (χ0n) is 20.6. The second-order valence-electron chi connectivity index (χ2n) is 9.33. The lowest BCUT2D eigenvalue weighted by molar-refractivity contribution is -0.143. The summed E-state index contributed by atoms with van der Waals surface area (Å²) in [5, 5.41) is 0. The van der Waals surface area contributed by atoms with E-state index < -0.39 is 29.0 Å². The third-order valence-corrected chi connectivity index (χ3v) is 6.76. The zero-order chi connectivity index (χ0) is 27.5. The highest BCUT2D eigenvalue weighted by molar-refractivity contribution is 5.64. The molecule has 1 unspecified atom stereocenters. The third kappa shape index (κ3) is 4.50. The Hall–Kier alpha value is -3.89. The van der Waals surface area contributed by atoms with Crippen LogP contribution in [0.3, 0.4) is 0 Å². The zero-order valence-corrected chi connectivity index (χ0v) is 20.6. The number of fused-ring (bicyclic) bond motifs is 1. The van der Waals surface area contributed by atoms with Gasteiger partial charge in [-0.2, -0.15) is 26.3 Å². The first-order chi connectivity index (χ1) is 17.8. The summed E-state index contributed by atoms with van der Waals surface area (Å²) in [7, 11) is 1.54. The maximum atomic E-state index is 13.4. The molecule has 38 heavy (non-hydrogen) atoms. The summed E-state index contributed by atoms with van der Waals surface area (Å²) in [5.74, 6) is 1.05. The van der Waals surface area contributed by atoms with Crippen molar-refractivity contribution in [2.45, 2.75) is 31.7 Å². The van der Waals surface area contributed by atoms with Gasteiger partial charge in [-0.25, -0.2) is 4.98 Å². The minimum absolute atomic E-state index is 0.0914. The Kier molecular flexibility index (Phi) is 6.00. The first kappa shape index (κ1) is 25.7. The number of imidazole rings is 1.